The van der Waals surface area contributed by atoms with E-state index in [-0.39, 0.29) is 0 Å². The molecule has 68 valence electrons. The lowest BCUT2D eigenvalue weighted by Gasteiger charge is -2.09. The maximum Gasteiger partial charge on any atom is 0.331 e. The van der Waals surface area contributed by atoms with Gasteiger partial charge in [0.2, 0.25) is 6.08 Å². The van der Waals surface area contributed by atoms with Crippen molar-refractivity contribution in [1.29, 1.82) is 0 Å². The number of carbonyl (C=O) groups is 1. The summed E-state index contributed by atoms with van der Waals surface area (Å²) in [6.07, 6.45) is 1.88. The topological polar surface area (TPSA) is 55.7 Å². The summed E-state index contributed by atoms with van der Waals surface area (Å²) in [6, 6.07) is -0.688. The molecule has 1 atom stereocenters. The van der Waals surface area contributed by atoms with E-state index in [4.69, 9.17) is 0 Å². The van der Waals surface area contributed by atoms with Crippen LogP contribution in [0.15, 0.2) is 4.99 Å². The monoisotopic (exact) mass is 171 g/mol. The van der Waals surface area contributed by atoms with Crippen LogP contribution in [0.2, 0.25) is 0 Å². The zero-order chi connectivity index (χ0) is 9.56. The van der Waals surface area contributed by atoms with Crippen LogP contribution < -0.4 is 0 Å². The number of nitrogens with zero attached hydrogens (tertiary/aromatic N) is 1. The Kier molecular flexibility index (Phi) is 4.97. The third kappa shape index (κ3) is 3.88. The van der Waals surface area contributed by atoms with Gasteiger partial charge in [-0.2, -0.15) is 4.99 Å². The Morgan fingerprint density at radius 2 is 2.17 bits per heavy atom. The van der Waals surface area contributed by atoms with E-state index >= 15 is 0 Å². The quantitative estimate of drug-likeness (QED) is 0.359. The van der Waals surface area contributed by atoms with Gasteiger partial charge < -0.3 is 4.74 Å². The van der Waals surface area contributed by atoms with E-state index in [9.17, 15) is 9.59 Å². The van der Waals surface area contributed by atoms with E-state index < -0.39 is 12.0 Å². The molecule has 0 spiro atoms. The highest BCUT2D eigenvalue weighted by molar-refractivity contribution is 5.76. The largest absolute Gasteiger partial charge is 0.467 e. The van der Waals surface area contributed by atoms with Gasteiger partial charge in [0.05, 0.1) is 7.11 Å². The minimum Gasteiger partial charge on any atom is -0.467 e. The number of rotatable bonds is 4. The second-order valence-electron chi connectivity index (χ2n) is 2.89. The van der Waals surface area contributed by atoms with Gasteiger partial charge in [0.25, 0.3) is 0 Å². The Balaban J connectivity index is 4.22. The predicted octanol–water partition coefficient (Wildman–Crippen LogP) is 0.910. The van der Waals surface area contributed by atoms with Gasteiger partial charge in [0, 0.05) is 0 Å². The summed E-state index contributed by atoms with van der Waals surface area (Å²) in [5.74, 6) is -0.182. The smallest absolute Gasteiger partial charge is 0.331 e. The van der Waals surface area contributed by atoms with Crippen LogP contribution in [0, 0.1) is 5.92 Å². The second kappa shape index (κ2) is 5.49. The van der Waals surface area contributed by atoms with Gasteiger partial charge in [-0.25, -0.2) is 9.59 Å². The number of isocyanates is 1. The standard InChI is InChI=1S/C8H13NO3/c1-6(2)4-7(9-5-10)8(11)12-3/h6-7H,4H2,1-3H3. The number of methoxy groups -OCH3 is 1. The van der Waals surface area contributed by atoms with E-state index in [1.54, 1.807) is 0 Å². The maximum atomic E-state index is 10.9. The SMILES string of the molecule is COC(=O)C(CC(C)C)N=C=O. The van der Waals surface area contributed by atoms with Gasteiger partial charge >= 0.3 is 5.97 Å². The number of hydrogen-bond donors (Lipinski definition) is 0. The molecule has 0 N–H and O–H groups in total. The Morgan fingerprint density at radius 3 is 2.50 bits per heavy atom. The van der Waals surface area contributed by atoms with Crippen molar-refractivity contribution in [2.24, 2.45) is 10.9 Å². The number of ether oxygens (including phenoxy) is 1. The third-order valence-electron chi connectivity index (χ3n) is 1.38. The first-order chi connectivity index (χ1) is 5.61. The molecule has 0 saturated carbocycles. The average Bonchev–Trinajstić information content (AvgIpc) is 2.01. The molecule has 0 fully saturated rings. The van der Waals surface area contributed by atoms with Crippen molar-refractivity contribution in [1.82, 2.24) is 0 Å². The summed E-state index contributed by atoms with van der Waals surface area (Å²) in [4.78, 5) is 24.2. The maximum absolute atomic E-state index is 10.9. The van der Waals surface area contributed by atoms with Crippen LogP contribution in [-0.4, -0.2) is 25.2 Å². The molecule has 4 nitrogen and oxygen atoms in total. The van der Waals surface area contributed by atoms with Crippen molar-refractivity contribution in [2.75, 3.05) is 7.11 Å². The highest BCUT2D eigenvalue weighted by atomic mass is 16.5. The number of carbonyl (C=O) groups excluding carboxylic acids is 2. The Morgan fingerprint density at radius 1 is 1.58 bits per heavy atom. The van der Waals surface area contributed by atoms with Crippen LogP contribution >= 0.6 is 0 Å². The number of esters is 1. The van der Waals surface area contributed by atoms with Gasteiger partial charge in [-0.1, -0.05) is 13.8 Å². The van der Waals surface area contributed by atoms with Crippen LogP contribution in [0.5, 0.6) is 0 Å². The van der Waals surface area contributed by atoms with Crippen molar-refractivity contribution in [3.63, 3.8) is 0 Å². The lowest BCUT2D eigenvalue weighted by molar-refractivity contribution is -0.142. The van der Waals surface area contributed by atoms with E-state index in [1.807, 2.05) is 13.8 Å². The van der Waals surface area contributed by atoms with Gasteiger partial charge in [0.1, 0.15) is 0 Å². The van der Waals surface area contributed by atoms with Crippen molar-refractivity contribution in [3.05, 3.63) is 0 Å². The first kappa shape index (κ1) is 10.8. The summed E-state index contributed by atoms with van der Waals surface area (Å²) in [5.41, 5.74) is 0. The lowest BCUT2D eigenvalue weighted by Crippen LogP contribution is -2.21. The van der Waals surface area contributed by atoms with Crippen molar-refractivity contribution >= 4 is 12.0 Å². The van der Waals surface area contributed by atoms with Crippen molar-refractivity contribution < 1.29 is 14.3 Å². The van der Waals surface area contributed by atoms with Crippen LogP contribution in [0.3, 0.4) is 0 Å². The van der Waals surface area contributed by atoms with E-state index in [0.29, 0.717) is 12.3 Å². The average molecular weight is 171 g/mol. The van der Waals surface area contributed by atoms with Gasteiger partial charge in [-0.3, -0.25) is 0 Å². The predicted molar refractivity (Wildman–Crippen MR) is 43.4 cm³/mol. The fourth-order valence-corrected chi connectivity index (χ4v) is 0.848. The highest BCUT2D eigenvalue weighted by Crippen LogP contribution is 2.08. The zero-order valence-electron chi connectivity index (χ0n) is 7.53. The number of aliphatic imine (C=N–C) groups is 1. The summed E-state index contributed by atoms with van der Waals surface area (Å²) >= 11 is 0. The fourth-order valence-electron chi connectivity index (χ4n) is 0.848. The second-order valence-corrected chi connectivity index (χ2v) is 2.89. The first-order valence-corrected chi connectivity index (χ1v) is 3.76. The van der Waals surface area contributed by atoms with Gasteiger partial charge in [-0.15, -0.1) is 0 Å². The summed E-state index contributed by atoms with van der Waals surface area (Å²) in [5, 5.41) is 0. The Bertz CT molecular complexity index is 194. The lowest BCUT2D eigenvalue weighted by atomic mass is 10.0. The van der Waals surface area contributed by atoms with E-state index in [2.05, 4.69) is 9.73 Å². The van der Waals surface area contributed by atoms with E-state index in [0.717, 1.165) is 0 Å². The van der Waals surface area contributed by atoms with Crippen LogP contribution in [0.4, 0.5) is 0 Å². The summed E-state index contributed by atoms with van der Waals surface area (Å²) in [7, 11) is 1.27. The van der Waals surface area contributed by atoms with Gasteiger partial charge in [0.15, 0.2) is 6.04 Å². The van der Waals surface area contributed by atoms with E-state index in [1.165, 1.54) is 13.2 Å². The minimum atomic E-state index is -0.688. The molecule has 4 heteroatoms. The third-order valence-corrected chi connectivity index (χ3v) is 1.38. The molecule has 12 heavy (non-hydrogen) atoms. The Labute approximate surface area is 71.6 Å². The first-order valence-electron chi connectivity index (χ1n) is 3.76. The molecule has 0 heterocycles. The molecular weight excluding hydrogens is 158 g/mol. The Hall–Kier alpha value is -1.15. The molecule has 0 aromatic carbocycles. The van der Waals surface area contributed by atoms with Crippen molar-refractivity contribution in [2.45, 2.75) is 26.3 Å². The van der Waals surface area contributed by atoms with Crippen LogP contribution in [0.1, 0.15) is 20.3 Å². The molecule has 0 saturated heterocycles. The molecule has 0 radical (unpaired) electrons. The van der Waals surface area contributed by atoms with Crippen LogP contribution in [-0.2, 0) is 14.3 Å². The summed E-state index contributed by atoms with van der Waals surface area (Å²) < 4.78 is 4.45. The molecule has 1 unspecified atom stereocenters. The fraction of sp³-hybridized carbons (Fsp3) is 0.750. The summed E-state index contributed by atoms with van der Waals surface area (Å²) in [6.45, 7) is 3.88. The molecular formula is C8H13NO3. The minimum absolute atomic E-state index is 0.297. The normalized spacial score (nSPS) is 12.0. The molecule has 0 aromatic heterocycles. The molecule has 0 amide bonds. The highest BCUT2D eigenvalue weighted by Gasteiger charge is 2.18. The molecule has 0 bridgehead atoms. The van der Waals surface area contributed by atoms with Gasteiger partial charge in [-0.05, 0) is 12.3 Å². The zero-order valence-corrected chi connectivity index (χ0v) is 7.53. The molecule has 0 aromatic rings. The van der Waals surface area contributed by atoms with Crippen LogP contribution in [0.25, 0.3) is 0 Å². The molecule has 0 aliphatic carbocycles. The van der Waals surface area contributed by atoms with Crippen molar-refractivity contribution in [3.8, 4) is 0 Å². The number of hydrogen-bond acceptors (Lipinski definition) is 4. The molecule has 0 aliphatic heterocycles. The molecule has 0 rings (SSSR count). The molecule has 0 aliphatic rings.